The van der Waals surface area contributed by atoms with E-state index in [1.807, 2.05) is 12.1 Å². The van der Waals surface area contributed by atoms with Crippen molar-refractivity contribution in [1.82, 2.24) is 9.88 Å². The topological polar surface area (TPSA) is 94.0 Å². The van der Waals surface area contributed by atoms with Crippen molar-refractivity contribution in [3.8, 4) is 11.5 Å². The minimum absolute atomic E-state index is 0.0152. The predicted molar refractivity (Wildman–Crippen MR) is 144 cm³/mol. The minimum atomic E-state index is -0.522. The summed E-state index contributed by atoms with van der Waals surface area (Å²) in [6.07, 6.45) is 1.69. The van der Waals surface area contributed by atoms with E-state index in [-0.39, 0.29) is 29.4 Å². The van der Waals surface area contributed by atoms with Gasteiger partial charge in [0.1, 0.15) is 34.5 Å². The lowest BCUT2D eigenvalue weighted by Crippen LogP contribution is -2.29. The number of rotatable bonds is 9. The molecule has 0 aliphatic heterocycles. The van der Waals surface area contributed by atoms with E-state index in [0.29, 0.717) is 17.2 Å². The number of nitrogens with zero attached hydrogens (tertiary/aromatic N) is 2. The molecule has 194 valence electrons. The van der Waals surface area contributed by atoms with E-state index < -0.39 is 17.3 Å². The van der Waals surface area contributed by atoms with Gasteiger partial charge in [-0.2, -0.15) is 0 Å². The standard InChI is InChI=1S/C28H31FN4O4/c1-7-23(18(3)30-4)37-24-15-25(34)33(5)27(32-22-13-8-17(2)14-21(22)29)26(24)28(35)31-16-19-9-11-20(36-6)12-10-19/h7-15,32H,16H2,1-6H3,(H,31,35)/b23-7+,30-18?. The van der Waals surface area contributed by atoms with Crippen LogP contribution in [0.25, 0.3) is 0 Å². The van der Waals surface area contributed by atoms with Crippen LogP contribution < -0.4 is 25.7 Å². The van der Waals surface area contributed by atoms with Gasteiger partial charge in [-0.1, -0.05) is 18.2 Å². The van der Waals surface area contributed by atoms with Gasteiger partial charge in [0.25, 0.3) is 11.5 Å². The molecule has 8 nitrogen and oxygen atoms in total. The van der Waals surface area contributed by atoms with Crippen molar-refractivity contribution in [2.24, 2.45) is 12.0 Å². The van der Waals surface area contributed by atoms with Crippen LogP contribution in [0.3, 0.4) is 0 Å². The Morgan fingerprint density at radius 3 is 2.46 bits per heavy atom. The quantitative estimate of drug-likeness (QED) is 0.318. The van der Waals surface area contributed by atoms with Crippen molar-refractivity contribution in [2.75, 3.05) is 19.5 Å². The second-order valence-corrected chi connectivity index (χ2v) is 8.33. The number of halogens is 1. The summed E-state index contributed by atoms with van der Waals surface area (Å²) in [4.78, 5) is 30.6. The number of methoxy groups -OCH3 is 1. The van der Waals surface area contributed by atoms with E-state index in [2.05, 4.69) is 15.6 Å². The number of hydrogen-bond donors (Lipinski definition) is 2. The molecule has 9 heteroatoms. The molecule has 0 saturated carbocycles. The molecule has 0 spiro atoms. The lowest BCUT2D eigenvalue weighted by molar-refractivity contribution is 0.0948. The van der Waals surface area contributed by atoms with Gasteiger partial charge in [0, 0.05) is 26.7 Å². The Hall–Kier alpha value is -4.40. The number of anilines is 2. The first-order chi connectivity index (χ1) is 17.7. The number of ether oxygens (including phenoxy) is 2. The Kier molecular flexibility index (Phi) is 8.84. The molecule has 2 aromatic carbocycles. The highest BCUT2D eigenvalue weighted by molar-refractivity contribution is 6.03. The first-order valence-electron chi connectivity index (χ1n) is 11.6. The fraction of sp³-hybridized carbons (Fsp3) is 0.250. The van der Waals surface area contributed by atoms with Crippen LogP contribution in [0.5, 0.6) is 11.5 Å². The van der Waals surface area contributed by atoms with Crippen LogP contribution in [0.2, 0.25) is 0 Å². The molecule has 0 fully saturated rings. The molecule has 1 heterocycles. The summed E-state index contributed by atoms with van der Waals surface area (Å²) >= 11 is 0. The van der Waals surface area contributed by atoms with Gasteiger partial charge in [-0.3, -0.25) is 19.1 Å². The summed E-state index contributed by atoms with van der Waals surface area (Å²) in [6.45, 7) is 5.48. The third kappa shape index (κ3) is 6.43. The third-order valence-electron chi connectivity index (χ3n) is 5.79. The fourth-order valence-electron chi connectivity index (χ4n) is 3.56. The number of allylic oxidation sites excluding steroid dienone is 2. The van der Waals surface area contributed by atoms with Crippen molar-refractivity contribution in [3.05, 3.63) is 93.2 Å². The largest absolute Gasteiger partial charge is 0.497 e. The van der Waals surface area contributed by atoms with E-state index >= 15 is 0 Å². The number of aryl methyl sites for hydroxylation is 1. The lowest BCUT2D eigenvalue weighted by Gasteiger charge is -2.20. The van der Waals surface area contributed by atoms with Gasteiger partial charge in [0.05, 0.1) is 18.5 Å². The van der Waals surface area contributed by atoms with Crippen molar-refractivity contribution in [3.63, 3.8) is 0 Å². The van der Waals surface area contributed by atoms with Gasteiger partial charge < -0.3 is 20.1 Å². The van der Waals surface area contributed by atoms with E-state index in [1.165, 1.54) is 23.7 Å². The molecule has 0 atom stereocenters. The first-order valence-corrected chi connectivity index (χ1v) is 11.6. The zero-order valence-corrected chi connectivity index (χ0v) is 21.8. The average Bonchev–Trinajstić information content (AvgIpc) is 2.89. The number of hydrogen-bond acceptors (Lipinski definition) is 6. The van der Waals surface area contributed by atoms with E-state index in [4.69, 9.17) is 9.47 Å². The maximum Gasteiger partial charge on any atom is 0.259 e. The number of amides is 1. The molecule has 3 aromatic rings. The Bertz CT molecular complexity index is 1410. The van der Waals surface area contributed by atoms with Crippen LogP contribution in [-0.2, 0) is 13.6 Å². The molecule has 1 aromatic heterocycles. The number of carbonyl (C=O) groups is 1. The molecule has 3 rings (SSSR count). The molecule has 0 aliphatic carbocycles. The molecule has 0 radical (unpaired) electrons. The number of carbonyl (C=O) groups excluding carboxylic acids is 1. The highest BCUT2D eigenvalue weighted by Crippen LogP contribution is 2.30. The highest BCUT2D eigenvalue weighted by atomic mass is 19.1. The normalized spacial score (nSPS) is 11.8. The number of pyridine rings is 1. The molecule has 0 unspecified atom stereocenters. The number of benzene rings is 2. The maximum absolute atomic E-state index is 14.7. The van der Waals surface area contributed by atoms with Gasteiger partial charge in [-0.05, 0) is 62.2 Å². The van der Waals surface area contributed by atoms with Crippen molar-refractivity contribution < 1.29 is 18.7 Å². The molecule has 0 bridgehead atoms. The Labute approximate surface area is 215 Å². The van der Waals surface area contributed by atoms with E-state index in [1.54, 1.807) is 65.3 Å². The smallest absolute Gasteiger partial charge is 0.259 e. The van der Waals surface area contributed by atoms with Crippen LogP contribution in [0.1, 0.15) is 35.3 Å². The zero-order chi connectivity index (χ0) is 27.1. The summed E-state index contributed by atoms with van der Waals surface area (Å²) in [5.41, 5.74) is 1.85. The van der Waals surface area contributed by atoms with Gasteiger partial charge in [-0.25, -0.2) is 4.39 Å². The molecular weight excluding hydrogens is 475 g/mol. The number of aromatic nitrogens is 1. The maximum atomic E-state index is 14.7. The van der Waals surface area contributed by atoms with Crippen LogP contribution in [0.15, 0.2) is 70.2 Å². The van der Waals surface area contributed by atoms with Crippen molar-refractivity contribution in [1.29, 1.82) is 0 Å². The SMILES string of the molecule is C/C=C(/Oc1cc(=O)n(C)c(Nc2ccc(C)cc2F)c1C(=O)NCc1ccc(OC)cc1)C(C)=NC. The van der Waals surface area contributed by atoms with Gasteiger partial charge in [0.15, 0.2) is 0 Å². The minimum Gasteiger partial charge on any atom is -0.497 e. The van der Waals surface area contributed by atoms with Gasteiger partial charge in [-0.15, -0.1) is 0 Å². The second-order valence-electron chi connectivity index (χ2n) is 8.33. The van der Waals surface area contributed by atoms with Crippen LogP contribution in [0.4, 0.5) is 15.9 Å². The zero-order valence-electron chi connectivity index (χ0n) is 21.8. The Morgan fingerprint density at radius 1 is 1.16 bits per heavy atom. The second kappa shape index (κ2) is 12.0. The first kappa shape index (κ1) is 27.2. The van der Waals surface area contributed by atoms with Crippen LogP contribution in [0, 0.1) is 12.7 Å². The summed E-state index contributed by atoms with van der Waals surface area (Å²) in [5.74, 6) is 0.139. The Balaban J connectivity index is 2.09. The molecule has 0 aliphatic rings. The summed E-state index contributed by atoms with van der Waals surface area (Å²) in [6, 6.07) is 13.1. The van der Waals surface area contributed by atoms with Crippen LogP contribution in [-0.4, -0.2) is 30.3 Å². The molecular formula is C28H31FN4O4. The number of nitrogens with one attached hydrogen (secondary N) is 2. The molecule has 2 N–H and O–H groups in total. The lowest BCUT2D eigenvalue weighted by atomic mass is 10.1. The van der Waals surface area contributed by atoms with Crippen molar-refractivity contribution in [2.45, 2.75) is 27.3 Å². The fourth-order valence-corrected chi connectivity index (χ4v) is 3.56. The molecule has 1 amide bonds. The number of aliphatic imine (C=N–C) groups is 1. The molecule has 37 heavy (non-hydrogen) atoms. The predicted octanol–water partition coefficient (Wildman–Crippen LogP) is 4.89. The van der Waals surface area contributed by atoms with Crippen LogP contribution >= 0.6 is 0 Å². The summed E-state index contributed by atoms with van der Waals surface area (Å²) in [7, 11) is 4.69. The Morgan fingerprint density at radius 2 is 1.86 bits per heavy atom. The highest BCUT2D eigenvalue weighted by Gasteiger charge is 2.24. The summed E-state index contributed by atoms with van der Waals surface area (Å²) in [5, 5.41) is 5.79. The van der Waals surface area contributed by atoms with Gasteiger partial charge in [0.2, 0.25) is 0 Å². The third-order valence-corrected chi connectivity index (χ3v) is 5.79. The average molecular weight is 507 g/mol. The van der Waals surface area contributed by atoms with Gasteiger partial charge >= 0.3 is 0 Å². The van der Waals surface area contributed by atoms with E-state index in [9.17, 15) is 14.0 Å². The summed E-state index contributed by atoms with van der Waals surface area (Å²) < 4.78 is 27.2. The monoisotopic (exact) mass is 506 g/mol. The van der Waals surface area contributed by atoms with Crippen molar-refractivity contribution >= 4 is 23.1 Å². The molecule has 0 saturated heterocycles. The van der Waals surface area contributed by atoms with E-state index in [0.717, 1.165) is 11.1 Å².